The fraction of sp³-hybridized carbons (Fsp3) is 0.583. The summed E-state index contributed by atoms with van der Waals surface area (Å²) >= 11 is 3.24. The van der Waals surface area contributed by atoms with Gasteiger partial charge in [-0.3, -0.25) is 4.98 Å². The minimum atomic E-state index is -3.50. The Morgan fingerprint density at radius 3 is 2.79 bits per heavy atom. The van der Waals surface area contributed by atoms with Crippen molar-refractivity contribution in [3.63, 3.8) is 0 Å². The Morgan fingerprint density at radius 2 is 2.11 bits per heavy atom. The van der Waals surface area contributed by atoms with E-state index in [1.54, 1.807) is 12.3 Å². The van der Waals surface area contributed by atoms with E-state index in [4.69, 9.17) is 0 Å². The summed E-state index contributed by atoms with van der Waals surface area (Å²) in [5, 5.41) is 9.86. The molecule has 2 aliphatic rings. The largest absolute Gasteiger partial charge is 0.393 e. The third kappa shape index (κ3) is 2.33. The maximum absolute atomic E-state index is 12.5. The molecule has 0 spiro atoms. The molecule has 1 saturated heterocycles. The molecule has 1 saturated carbocycles. The molecule has 2 heterocycles. The molecular weight excluding hydrogens is 332 g/mol. The van der Waals surface area contributed by atoms with E-state index in [1.807, 2.05) is 0 Å². The second-order valence-electron chi connectivity index (χ2n) is 5.23. The molecule has 0 bridgehead atoms. The molecule has 19 heavy (non-hydrogen) atoms. The van der Waals surface area contributed by atoms with E-state index in [2.05, 4.69) is 20.9 Å². The number of rotatable bonds is 2. The molecule has 1 aliphatic heterocycles. The van der Waals surface area contributed by atoms with Crippen LogP contribution in [0, 0.1) is 11.8 Å². The molecule has 1 aromatic heterocycles. The summed E-state index contributed by atoms with van der Waals surface area (Å²) in [6, 6.07) is 1.56. The highest BCUT2D eigenvalue weighted by Crippen LogP contribution is 2.40. The number of pyridine rings is 1. The maximum atomic E-state index is 12.5. The van der Waals surface area contributed by atoms with Gasteiger partial charge in [0.2, 0.25) is 10.0 Å². The number of sulfonamides is 1. The Morgan fingerprint density at radius 1 is 1.32 bits per heavy atom. The summed E-state index contributed by atoms with van der Waals surface area (Å²) in [4.78, 5) is 4.11. The molecule has 1 N–H and O–H groups in total. The van der Waals surface area contributed by atoms with Crippen molar-refractivity contribution in [2.45, 2.75) is 23.8 Å². The Hall–Kier alpha value is -0.500. The minimum absolute atomic E-state index is 0.0925. The smallest absolute Gasteiger partial charge is 0.244 e. The quantitative estimate of drug-likeness (QED) is 0.874. The first kappa shape index (κ1) is 13.5. The van der Waals surface area contributed by atoms with Gasteiger partial charge in [0.25, 0.3) is 0 Å². The maximum Gasteiger partial charge on any atom is 0.244 e. The van der Waals surface area contributed by atoms with E-state index in [9.17, 15) is 13.5 Å². The highest BCUT2D eigenvalue weighted by Gasteiger charge is 2.45. The average Bonchev–Trinajstić information content (AvgIpc) is 2.92. The molecule has 3 rings (SSSR count). The Kier molecular flexibility index (Phi) is 3.41. The third-order valence-electron chi connectivity index (χ3n) is 4.10. The normalized spacial score (nSPS) is 31.6. The standard InChI is InChI=1S/C12H15BrN2O3S/c13-9-3-10(5-14-4-9)19(17,18)15-6-8-1-2-12(16)11(8)7-15/h3-5,8,11-12,16H,1-2,6-7H2. The second-order valence-corrected chi connectivity index (χ2v) is 8.08. The average molecular weight is 347 g/mol. The Balaban J connectivity index is 1.87. The fourth-order valence-electron chi connectivity index (χ4n) is 3.07. The van der Waals surface area contributed by atoms with Crippen LogP contribution in [-0.2, 0) is 10.0 Å². The van der Waals surface area contributed by atoms with Gasteiger partial charge in [0.15, 0.2) is 0 Å². The first-order valence-corrected chi connectivity index (χ1v) is 8.50. The van der Waals surface area contributed by atoms with Crippen molar-refractivity contribution in [2.24, 2.45) is 11.8 Å². The van der Waals surface area contributed by atoms with Crippen molar-refractivity contribution in [1.82, 2.24) is 9.29 Å². The van der Waals surface area contributed by atoms with E-state index >= 15 is 0 Å². The predicted octanol–water partition coefficient (Wildman–Crippen LogP) is 1.24. The van der Waals surface area contributed by atoms with Crippen LogP contribution in [0.15, 0.2) is 27.8 Å². The topological polar surface area (TPSA) is 70.5 Å². The minimum Gasteiger partial charge on any atom is -0.393 e. The van der Waals surface area contributed by atoms with Gasteiger partial charge >= 0.3 is 0 Å². The number of fused-ring (bicyclic) bond motifs is 1. The fourth-order valence-corrected chi connectivity index (χ4v) is 5.12. The second kappa shape index (κ2) is 4.80. The van der Waals surface area contributed by atoms with Crippen molar-refractivity contribution in [3.05, 3.63) is 22.9 Å². The summed E-state index contributed by atoms with van der Waals surface area (Å²) in [7, 11) is -3.50. The van der Waals surface area contributed by atoms with E-state index in [1.165, 1.54) is 10.5 Å². The van der Waals surface area contributed by atoms with Gasteiger partial charge in [-0.15, -0.1) is 0 Å². The molecular formula is C12H15BrN2O3S. The zero-order valence-corrected chi connectivity index (χ0v) is 12.6. The number of nitrogens with zero attached hydrogens (tertiary/aromatic N) is 2. The van der Waals surface area contributed by atoms with Crippen LogP contribution in [0.5, 0.6) is 0 Å². The van der Waals surface area contributed by atoms with Crippen molar-refractivity contribution >= 4 is 26.0 Å². The summed E-state index contributed by atoms with van der Waals surface area (Å²) < 4.78 is 27.1. The van der Waals surface area contributed by atoms with Crippen LogP contribution >= 0.6 is 15.9 Å². The van der Waals surface area contributed by atoms with E-state index in [0.29, 0.717) is 23.5 Å². The highest BCUT2D eigenvalue weighted by atomic mass is 79.9. The van der Waals surface area contributed by atoms with Crippen LogP contribution in [0.3, 0.4) is 0 Å². The lowest BCUT2D eigenvalue weighted by Crippen LogP contribution is -2.31. The van der Waals surface area contributed by atoms with Gasteiger partial charge in [0.1, 0.15) is 4.90 Å². The number of hydrogen-bond donors (Lipinski definition) is 1. The van der Waals surface area contributed by atoms with Gasteiger partial charge < -0.3 is 5.11 Å². The molecule has 0 amide bonds. The molecule has 104 valence electrons. The lowest BCUT2D eigenvalue weighted by atomic mass is 10.00. The van der Waals surface area contributed by atoms with E-state index in [-0.39, 0.29) is 16.9 Å². The van der Waals surface area contributed by atoms with E-state index in [0.717, 1.165) is 12.8 Å². The van der Waals surface area contributed by atoms with Crippen molar-refractivity contribution in [1.29, 1.82) is 0 Å². The number of halogens is 1. The summed E-state index contributed by atoms with van der Waals surface area (Å²) in [6.45, 7) is 0.928. The molecule has 5 nitrogen and oxygen atoms in total. The zero-order chi connectivity index (χ0) is 13.6. The third-order valence-corrected chi connectivity index (χ3v) is 6.33. The Bertz CT molecular complexity index is 592. The number of aliphatic hydroxyl groups excluding tert-OH is 1. The van der Waals surface area contributed by atoms with Crippen LogP contribution < -0.4 is 0 Å². The van der Waals surface area contributed by atoms with Crippen molar-refractivity contribution in [2.75, 3.05) is 13.1 Å². The highest BCUT2D eigenvalue weighted by molar-refractivity contribution is 9.10. The number of aromatic nitrogens is 1. The van der Waals surface area contributed by atoms with Gasteiger partial charge in [-0.1, -0.05) is 0 Å². The molecule has 0 radical (unpaired) electrons. The number of hydrogen-bond acceptors (Lipinski definition) is 4. The number of aliphatic hydroxyl groups is 1. The summed E-state index contributed by atoms with van der Waals surface area (Å²) in [6.07, 6.45) is 4.27. The molecule has 0 aromatic carbocycles. The van der Waals surface area contributed by atoms with Gasteiger partial charge in [0.05, 0.1) is 6.10 Å². The van der Waals surface area contributed by atoms with Gasteiger partial charge in [-0.2, -0.15) is 4.31 Å². The van der Waals surface area contributed by atoms with Crippen LogP contribution in [0.25, 0.3) is 0 Å². The van der Waals surface area contributed by atoms with Gasteiger partial charge in [-0.25, -0.2) is 8.42 Å². The van der Waals surface area contributed by atoms with Crippen LogP contribution in [0.2, 0.25) is 0 Å². The predicted molar refractivity (Wildman–Crippen MR) is 72.9 cm³/mol. The van der Waals surface area contributed by atoms with E-state index < -0.39 is 10.0 Å². The lowest BCUT2D eigenvalue weighted by Gasteiger charge is -2.18. The monoisotopic (exact) mass is 346 g/mol. The molecule has 1 aromatic rings. The molecule has 7 heteroatoms. The van der Waals surface area contributed by atoms with Crippen LogP contribution in [0.4, 0.5) is 0 Å². The molecule has 3 atom stereocenters. The lowest BCUT2D eigenvalue weighted by molar-refractivity contribution is 0.129. The first-order chi connectivity index (χ1) is 8.98. The van der Waals surface area contributed by atoms with Crippen LogP contribution in [-0.4, -0.2) is 42.0 Å². The van der Waals surface area contributed by atoms with Gasteiger partial charge in [-0.05, 0) is 40.8 Å². The first-order valence-electron chi connectivity index (χ1n) is 6.27. The van der Waals surface area contributed by atoms with Gasteiger partial charge in [0, 0.05) is 35.9 Å². The molecule has 2 fully saturated rings. The summed E-state index contributed by atoms with van der Waals surface area (Å²) in [5.74, 6) is 0.389. The summed E-state index contributed by atoms with van der Waals surface area (Å²) in [5.41, 5.74) is 0. The zero-order valence-electron chi connectivity index (χ0n) is 10.2. The van der Waals surface area contributed by atoms with Crippen LogP contribution in [0.1, 0.15) is 12.8 Å². The Labute approximate surface area is 120 Å². The SMILES string of the molecule is O=S(=O)(c1cncc(Br)c1)N1CC2CCC(O)C2C1. The molecule has 3 unspecified atom stereocenters. The molecule has 1 aliphatic carbocycles. The van der Waals surface area contributed by atoms with Crippen molar-refractivity contribution < 1.29 is 13.5 Å². The van der Waals surface area contributed by atoms with Crippen molar-refractivity contribution in [3.8, 4) is 0 Å².